The van der Waals surface area contributed by atoms with Gasteiger partial charge in [-0.25, -0.2) is 0 Å². The van der Waals surface area contributed by atoms with Gasteiger partial charge in [0.05, 0.1) is 27.8 Å². The number of thiophene rings is 1. The fraction of sp³-hybridized carbons (Fsp3) is 0.273. The van der Waals surface area contributed by atoms with Crippen molar-refractivity contribution in [3.8, 4) is 22.8 Å². The summed E-state index contributed by atoms with van der Waals surface area (Å²) in [6.45, 7) is 2.43. The topological polar surface area (TPSA) is 66.8 Å². The Morgan fingerprint density at radius 1 is 1.30 bits per heavy atom. The smallest absolute Gasteiger partial charge is 0.211 e. The van der Waals surface area contributed by atoms with E-state index in [1.54, 1.807) is 25.4 Å². The van der Waals surface area contributed by atoms with Gasteiger partial charge in [0, 0.05) is 44.0 Å². The molecular formula is C22H20ClNO5S. The van der Waals surface area contributed by atoms with E-state index in [2.05, 4.69) is 0 Å². The number of pyridine rings is 1. The highest BCUT2D eigenvalue weighted by atomic mass is 35.5. The van der Waals surface area contributed by atoms with Gasteiger partial charge in [-0.2, -0.15) is 0 Å². The molecule has 0 spiro atoms. The van der Waals surface area contributed by atoms with Gasteiger partial charge < -0.3 is 18.8 Å². The number of rotatable bonds is 7. The Kier molecular flexibility index (Phi) is 5.94. The average Bonchev–Trinajstić information content (AvgIpc) is 3.25. The standard InChI is InChI=1S/C22H20ClNO5S/c1-13(25)15-12-24-17(10-18(15)26)14-9-16(23)20(28-7-4-6-27-2)11-19(14)29-22(24)21-5-3-8-30-21/h3,5,8-12,22H,4,6-7H2,1-2H3/t22-/m1/s1. The van der Waals surface area contributed by atoms with Crippen LogP contribution in [-0.2, 0) is 4.74 Å². The number of halogens is 1. The summed E-state index contributed by atoms with van der Waals surface area (Å²) in [5, 5.41) is 2.37. The molecule has 1 aliphatic rings. The van der Waals surface area contributed by atoms with Gasteiger partial charge in [0.25, 0.3) is 0 Å². The third kappa shape index (κ3) is 3.88. The van der Waals surface area contributed by atoms with E-state index in [9.17, 15) is 9.59 Å². The Balaban J connectivity index is 1.81. The Morgan fingerprint density at radius 3 is 2.83 bits per heavy atom. The van der Waals surface area contributed by atoms with Crippen molar-refractivity contribution in [1.29, 1.82) is 0 Å². The molecule has 0 amide bonds. The summed E-state index contributed by atoms with van der Waals surface area (Å²) in [7, 11) is 1.64. The Bertz CT molecular complexity index is 1140. The second-order valence-electron chi connectivity index (χ2n) is 6.86. The Labute approximate surface area is 182 Å². The molecule has 0 aliphatic carbocycles. The van der Waals surface area contributed by atoms with Gasteiger partial charge in [-0.1, -0.05) is 17.7 Å². The first-order valence-corrected chi connectivity index (χ1v) is 10.7. The van der Waals surface area contributed by atoms with E-state index in [4.69, 9.17) is 25.8 Å². The van der Waals surface area contributed by atoms with Gasteiger partial charge in [0.1, 0.15) is 11.5 Å². The molecule has 6 nitrogen and oxygen atoms in total. The summed E-state index contributed by atoms with van der Waals surface area (Å²) in [6, 6.07) is 8.82. The van der Waals surface area contributed by atoms with Crippen LogP contribution in [0.15, 0.2) is 46.7 Å². The van der Waals surface area contributed by atoms with Crippen molar-refractivity contribution in [3.05, 3.63) is 67.6 Å². The maximum Gasteiger partial charge on any atom is 0.211 e. The molecule has 0 radical (unpaired) electrons. The third-order valence-electron chi connectivity index (χ3n) is 4.80. The van der Waals surface area contributed by atoms with Crippen LogP contribution in [0.25, 0.3) is 11.3 Å². The lowest BCUT2D eigenvalue weighted by Gasteiger charge is -2.31. The summed E-state index contributed by atoms with van der Waals surface area (Å²) in [5.74, 6) is 0.783. The number of ether oxygens (including phenoxy) is 3. The molecule has 8 heteroatoms. The number of carbonyl (C=O) groups is 1. The van der Waals surface area contributed by atoms with Crippen LogP contribution in [0.5, 0.6) is 11.5 Å². The molecule has 0 saturated heterocycles. The molecule has 1 atom stereocenters. The molecular weight excluding hydrogens is 426 g/mol. The van der Waals surface area contributed by atoms with E-state index >= 15 is 0 Å². The van der Waals surface area contributed by atoms with Gasteiger partial charge in [-0.3, -0.25) is 9.59 Å². The molecule has 3 aromatic rings. The maximum atomic E-state index is 12.5. The van der Waals surface area contributed by atoms with Crippen molar-refractivity contribution < 1.29 is 19.0 Å². The highest BCUT2D eigenvalue weighted by Crippen LogP contribution is 2.45. The van der Waals surface area contributed by atoms with Crippen molar-refractivity contribution in [1.82, 2.24) is 4.57 Å². The predicted molar refractivity (Wildman–Crippen MR) is 116 cm³/mol. The van der Waals surface area contributed by atoms with Crippen molar-refractivity contribution in [2.45, 2.75) is 19.6 Å². The third-order valence-corrected chi connectivity index (χ3v) is 6.00. The van der Waals surface area contributed by atoms with Crippen LogP contribution >= 0.6 is 22.9 Å². The van der Waals surface area contributed by atoms with Crippen LogP contribution in [0.3, 0.4) is 0 Å². The highest BCUT2D eigenvalue weighted by Gasteiger charge is 2.29. The zero-order valence-corrected chi connectivity index (χ0v) is 18.1. The van der Waals surface area contributed by atoms with Gasteiger partial charge >= 0.3 is 0 Å². The summed E-state index contributed by atoms with van der Waals surface area (Å²) < 4.78 is 18.9. The molecule has 0 bridgehead atoms. The first kappa shape index (κ1) is 20.7. The largest absolute Gasteiger partial charge is 0.492 e. The number of Topliss-reactive ketones (excluding diaryl/α,β-unsaturated/α-hetero) is 1. The Morgan fingerprint density at radius 2 is 2.13 bits per heavy atom. The fourth-order valence-corrected chi connectivity index (χ4v) is 4.32. The van der Waals surface area contributed by atoms with Crippen molar-refractivity contribution in [2.24, 2.45) is 0 Å². The van der Waals surface area contributed by atoms with E-state index in [1.807, 2.05) is 22.1 Å². The molecule has 2 aromatic heterocycles. The number of ketones is 1. The Hall–Kier alpha value is -2.61. The first-order chi connectivity index (χ1) is 14.5. The summed E-state index contributed by atoms with van der Waals surface area (Å²) in [4.78, 5) is 25.4. The molecule has 0 unspecified atom stereocenters. The number of aromatic nitrogens is 1. The zero-order valence-electron chi connectivity index (χ0n) is 16.5. The molecule has 0 N–H and O–H groups in total. The van der Waals surface area contributed by atoms with Crippen LogP contribution in [0.4, 0.5) is 0 Å². The summed E-state index contributed by atoms with van der Waals surface area (Å²) in [5.41, 5.74) is 1.10. The number of benzene rings is 1. The molecule has 0 saturated carbocycles. The first-order valence-electron chi connectivity index (χ1n) is 9.42. The average molecular weight is 446 g/mol. The lowest BCUT2D eigenvalue weighted by molar-refractivity contribution is 0.101. The highest BCUT2D eigenvalue weighted by molar-refractivity contribution is 7.10. The van der Waals surface area contributed by atoms with E-state index in [0.29, 0.717) is 41.0 Å². The molecule has 156 valence electrons. The molecule has 30 heavy (non-hydrogen) atoms. The number of hydrogen-bond acceptors (Lipinski definition) is 6. The van der Waals surface area contributed by atoms with Crippen LogP contribution in [0.1, 0.15) is 34.8 Å². The van der Waals surface area contributed by atoms with Crippen molar-refractivity contribution in [3.63, 3.8) is 0 Å². The summed E-state index contributed by atoms with van der Waals surface area (Å²) in [6.07, 6.45) is 1.79. The quantitative estimate of drug-likeness (QED) is 0.386. The van der Waals surface area contributed by atoms with Crippen molar-refractivity contribution in [2.75, 3.05) is 20.3 Å². The van der Waals surface area contributed by atoms with E-state index in [0.717, 1.165) is 11.3 Å². The molecule has 4 rings (SSSR count). The number of fused-ring (bicyclic) bond motifs is 3. The lowest BCUT2D eigenvalue weighted by Crippen LogP contribution is -2.26. The predicted octanol–water partition coefficient (Wildman–Crippen LogP) is 4.79. The van der Waals surface area contributed by atoms with Crippen LogP contribution < -0.4 is 14.9 Å². The minimum Gasteiger partial charge on any atom is -0.492 e. The SMILES string of the molecule is COCCCOc1cc2c(cc1Cl)-c1cc(=O)c(C(C)=O)cn1[C@@H](c1cccs1)O2. The molecule has 1 aliphatic heterocycles. The maximum absolute atomic E-state index is 12.5. The number of hydrogen-bond donors (Lipinski definition) is 0. The van der Waals surface area contributed by atoms with E-state index in [-0.39, 0.29) is 16.8 Å². The van der Waals surface area contributed by atoms with Crippen LogP contribution in [0.2, 0.25) is 5.02 Å². The molecule has 3 heterocycles. The van der Waals surface area contributed by atoms with Crippen LogP contribution in [0, 0.1) is 0 Å². The van der Waals surface area contributed by atoms with E-state index in [1.165, 1.54) is 24.3 Å². The van der Waals surface area contributed by atoms with E-state index < -0.39 is 6.23 Å². The number of nitrogens with zero attached hydrogens (tertiary/aromatic N) is 1. The van der Waals surface area contributed by atoms with Crippen LogP contribution in [-0.4, -0.2) is 30.7 Å². The normalized spacial score (nSPS) is 14.6. The fourth-order valence-electron chi connectivity index (χ4n) is 3.36. The monoisotopic (exact) mass is 445 g/mol. The number of methoxy groups -OCH3 is 1. The number of carbonyl (C=O) groups excluding carboxylic acids is 1. The second-order valence-corrected chi connectivity index (χ2v) is 8.25. The minimum absolute atomic E-state index is 0.122. The minimum atomic E-state index is -0.506. The van der Waals surface area contributed by atoms with Gasteiger partial charge in [0.2, 0.25) is 6.23 Å². The summed E-state index contributed by atoms with van der Waals surface area (Å²) >= 11 is 7.98. The van der Waals surface area contributed by atoms with Gasteiger partial charge in [-0.05, 0) is 24.4 Å². The van der Waals surface area contributed by atoms with Crippen molar-refractivity contribution >= 4 is 28.7 Å². The lowest BCUT2D eigenvalue weighted by atomic mass is 10.0. The second kappa shape index (κ2) is 8.63. The molecule has 0 fully saturated rings. The molecule has 1 aromatic carbocycles. The zero-order chi connectivity index (χ0) is 21.3. The van der Waals surface area contributed by atoms with Gasteiger partial charge in [-0.15, -0.1) is 11.3 Å². The van der Waals surface area contributed by atoms with Gasteiger partial charge in [0.15, 0.2) is 11.2 Å².